The predicted molar refractivity (Wildman–Crippen MR) is 55.9 cm³/mol. The smallest absolute Gasteiger partial charge is 0.341 e. The van der Waals surface area contributed by atoms with Gasteiger partial charge in [0.15, 0.2) is 0 Å². The molecule has 0 bridgehead atoms. The molecule has 0 spiro atoms. The average Bonchev–Trinajstić information content (AvgIpc) is 2.56. The van der Waals surface area contributed by atoms with E-state index in [1.54, 1.807) is 24.3 Å². The summed E-state index contributed by atoms with van der Waals surface area (Å²) in [5.74, 6) is 4.91. The van der Waals surface area contributed by atoms with Crippen molar-refractivity contribution in [3.05, 3.63) is 35.4 Å². The minimum absolute atomic E-state index is 0.451. The van der Waals surface area contributed by atoms with Crippen LogP contribution in [0.1, 0.15) is 36.1 Å². The maximum absolute atomic E-state index is 10.9. The Hall–Kier alpha value is -1.79. The van der Waals surface area contributed by atoms with Crippen molar-refractivity contribution in [2.75, 3.05) is 0 Å². The summed E-state index contributed by atoms with van der Waals surface area (Å²) in [5, 5.41) is 9.11. The molecule has 1 aliphatic rings. The molecule has 0 saturated heterocycles. The summed E-state index contributed by atoms with van der Waals surface area (Å²) in [7, 11) is 0. The van der Waals surface area contributed by atoms with Crippen molar-refractivity contribution in [2.24, 2.45) is 0 Å². The highest BCUT2D eigenvalue weighted by atomic mass is 16.6. The number of aliphatic hydroxyl groups excluding tert-OH is 1. The Bertz CT molecular complexity index is 406. The Morgan fingerprint density at radius 1 is 1.27 bits per heavy atom. The Morgan fingerprint density at radius 3 is 2.40 bits per heavy atom. The molecular weight excluding hydrogens is 192 g/mol. The van der Waals surface area contributed by atoms with Crippen molar-refractivity contribution < 1.29 is 14.6 Å². The van der Waals surface area contributed by atoms with E-state index in [0.29, 0.717) is 11.1 Å². The fraction of sp³-hybridized carbons (Fsp3) is 0.250. The van der Waals surface area contributed by atoms with Crippen molar-refractivity contribution in [1.82, 2.24) is 0 Å². The van der Waals surface area contributed by atoms with Crippen molar-refractivity contribution in [1.29, 1.82) is 0 Å². The van der Waals surface area contributed by atoms with Crippen LogP contribution in [0.4, 0.5) is 0 Å². The Labute approximate surface area is 88.7 Å². The number of carbonyl (C=O) groups excluding carboxylic acids is 1. The molecule has 1 aromatic carbocycles. The fourth-order valence-corrected chi connectivity index (χ4v) is 1.13. The first-order valence-electron chi connectivity index (χ1n) is 4.52. The van der Waals surface area contributed by atoms with Gasteiger partial charge in [0.2, 0.25) is 6.29 Å². The summed E-state index contributed by atoms with van der Waals surface area (Å²) < 4.78 is 4.55. The molecule has 1 aliphatic heterocycles. The van der Waals surface area contributed by atoms with E-state index in [0.717, 1.165) is 0 Å². The number of hydrogen-bond donors (Lipinski definition) is 1. The van der Waals surface area contributed by atoms with E-state index in [4.69, 9.17) is 5.11 Å². The number of hydrogen-bond acceptors (Lipinski definition) is 3. The van der Waals surface area contributed by atoms with Gasteiger partial charge in [-0.15, -0.1) is 11.8 Å². The molecule has 0 radical (unpaired) electrons. The summed E-state index contributed by atoms with van der Waals surface area (Å²) in [4.78, 5) is 10.9. The van der Waals surface area contributed by atoms with Crippen molar-refractivity contribution in [2.45, 2.75) is 20.1 Å². The number of aliphatic hydroxyl groups is 1. The molecule has 78 valence electrons. The van der Waals surface area contributed by atoms with Gasteiger partial charge in [0.25, 0.3) is 0 Å². The molecule has 0 aliphatic carbocycles. The van der Waals surface area contributed by atoms with Crippen LogP contribution in [0.3, 0.4) is 0 Å². The van der Waals surface area contributed by atoms with E-state index in [2.05, 4.69) is 16.6 Å². The lowest BCUT2D eigenvalue weighted by Crippen LogP contribution is -1.95. The average molecular weight is 204 g/mol. The van der Waals surface area contributed by atoms with E-state index >= 15 is 0 Å². The molecule has 0 unspecified atom stereocenters. The molecule has 1 atom stereocenters. The lowest BCUT2D eigenvalue weighted by atomic mass is 10.1. The van der Waals surface area contributed by atoms with E-state index in [1.807, 2.05) is 13.8 Å². The second kappa shape index (κ2) is 5.18. The molecule has 2 rings (SSSR count). The number of fused-ring (bicyclic) bond motifs is 1. The minimum Gasteiger partial charge on any atom is -0.428 e. The fourth-order valence-electron chi connectivity index (χ4n) is 1.13. The molecule has 3 heteroatoms. The van der Waals surface area contributed by atoms with E-state index in [-0.39, 0.29) is 0 Å². The lowest BCUT2D eigenvalue weighted by Gasteiger charge is -1.98. The lowest BCUT2D eigenvalue weighted by molar-refractivity contribution is -0.0547. The quantitative estimate of drug-likeness (QED) is 0.518. The van der Waals surface area contributed by atoms with Crippen LogP contribution in [0.15, 0.2) is 24.3 Å². The first kappa shape index (κ1) is 11.3. The molecule has 3 nitrogen and oxygen atoms in total. The molecule has 0 aromatic heterocycles. The highest BCUT2D eigenvalue weighted by molar-refractivity contribution is 5.93. The van der Waals surface area contributed by atoms with E-state index in [9.17, 15) is 4.79 Å². The zero-order valence-corrected chi connectivity index (χ0v) is 8.65. The molecule has 1 N–H and O–H groups in total. The third-order valence-corrected chi connectivity index (χ3v) is 1.92. The number of esters is 1. The van der Waals surface area contributed by atoms with Gasteiger partial charge < -0.3 is 9.84 Å². The van der Waals surface area contributed by atoms with Crippen LogP contribution in [-0.4, -0.2) is 11.1 Å². The van der Waals surface area contributed by atoms with E-state index < -0.39 is 12.3 Å². The monoisotopic (exact) mass is 204 g/mol. The molecule has 0 saturated carbocycles. The van der Waals surface area contributed by atoms with Crippen LogP contribution < -0.4 is 0 Å². The van der Waals surface area contributed by atoms with Crippen LogP contribution >= 0.6 is 0 Å². The number of carbonyl (C=O) groups is 1. The van der Waals surface area contributed by atoms with Crippen LogP contribution in [0.25, 0.3) is 0 Å². The number of ether oxygens (including phenoxy) is 1. The number of cyclic esters (lactones) is 1. The van der Waals surface area contributed by atoms with Crippen molar-refractivity contribution in [3.63, 3.8) is 0 Å². The first-order chi connectivity index (χ1) is 7.20. The third-order valence-electron chi connectivity index (χ3n) is 1.92. The second-order valence-corrected chi connectivity index (χ2v) is 2.84. The van der Waals surface area contributed by atoms with E-state index in [1.165, 1.54) is 0 Å². The van der Waals surface area contributed by atoms with Crippen molar-refractivity contribution in [3.8, 4) is 11.8 Å². The second-order valence-electron chi connectivity index (χ2n) is 2.84. The van der Waals surface area contributed by atoms with Gasteiger partial charge in [0.05, 0.1) is 5.56 Å². The third kappa shape index (κ3) is 2.58. The molecule has 15 heavy (non-hydrogen) atoms. The van der Waals surface area contributed by atoms with Gasteiger partial charge in [-0.25, -0.2) is 4.79 Å². The minimum atomic E-state index is -1.07. The highest BCUT2D eigenvalue weighted by Crippen LogP contribution is 2.27. The van der Waals surface area contributed by atoms with Crippen LogP contribution in [0.2, 0.25) is 0 Å². The van der Waals surface area contributed by atoms with Gasteiger partial charge in [0, 0.05) is 5.56 Å². The maximum atomic E-state index is 10.9. The van der Waals surface area contributed by atoms with Gasteiger partial charge in [-0.1, -0.05) is 18.2 Å². The zero-order chi connectivity index (χ0) is 11.3. The van der Waals surface area contributed by atoms with Gasteiger partial charge >= 0.3 is 5.97 Å². The Morgan fingerprint density at radius 2 is 1.87 bits per heavy atom. The summed E-state index contributed by atoms with van der Waals surface area (Å²) >= 11 is 0. The molecule has 0 fully saturated rings. The molecular formula is C12H12O3. The predicted octanol–water partition coefficient (Wildman–Crippen LogP) is 1.88. The van der Waals surface area contributed by atoms with Crippen LogP contribution in [0.5, 0.6) is 0 Å². The standard InChI is InChI=1S/C8H6O3.C4H6/c9-7-5-3-1-2-4-6(5)8(10)11-7;1-3-4-2/h1-4,7,9H;1-2H3/t7-;/m1./s1. The molecule has 1 aromatic rings. The number of rotatable bonds is 0. The normalized spacial score (nSPS) is 16.5. The largest absolute Gasteiger partial charge is 0.428 e. The molecule has 0 amide bonds. The molecule has 1 heterocycles. The summed E-state index contributed by atoms with van der Waals surface area (Å²) in [6.07, 6.45) is -1.07. The van der Waals surface area contributed by atoms with Gasteiger partial charge in [-0.2, -0.15) is 0 Å². The van der Waals surface area contributed by atoms with Gasteiger partial charge in [-0.3, -0.25) is 0 Å². The zero-order valence-electron chi connectivity index (χ0n) is 8.65. The summed E-state index contributed by atoms with van der Waals surface area (Å²) in [6, 6.07) is 6.79. The maximum Gasteiger partial charge on any atom is 0.341 e. The van der Waals surface area contributed by atoms with Crippen LogP contribution in [-0.2, 0) is 4.74 Å². The van der Waals surface area contributed by atoms with Gasteiger partial charge in [-0.05, 0) is 19.9 Å². The van der Waals surface area contributed by atoms with Gasteiger partial charge in [0.1, 0.15) is 0 Å². The summed E-state index contributed by atoms with van der Waals surface area (Å²) in [6.45, 7) is 3.64. The highest BCUT2D eigenvalue weighted by Gasteiger charge is 2.28. The summed E-state index contributed by atoms with van der Waals surface area (Å²) in [5.41, 5.74) is 1.01. The topological polar surface area (TPSA) is 46.5 Å². The Kier molecular flexibility index (Phi) is 3.90. The van der Waals surface area contributed by atoms with Crippen molar-refractivity contribution >= 4 is 5.97 Å². The SMILES string of the molecule is CC#CC.O=C1O[C@@H](O)c2ccccc21. The first-order valence-corrected chi connectivity index (χ1v) is 4.52. The van der Waals surface area contributed by atoms with Crippen LogP contribution in [0, 0.1) is 11.8 Å². The number of benzene rings is 1. The Balaban J connectivity index is 0.000000245.